The molecule has 2 heterocycles. The highest BCUT2D eigenvalue weighted by molar-refractivity contribution is 7.99. The van der Waals surface area contributed by atoms with Gasteiger partial charge in [-0.25, -0.2) is 0 Å². The predicted octanol–water partition coefficient (Wildman–Crippen LogP) is 4.77. The van der Waals surface area contributed by atoms with Crippen molar-refractivity contribution in [1.29, 1.82) is 0 Å². The first kappa shape index (κ1) is 21.6. The number of benzene rings is 1. The second-order valence-electron chi connectivity index (χ2n) is 8.42. The minimum absolute atomic E-state index is 0.147. The Bertz CT molecular complexity index is 1010. The monoisotopic (exact) mass is 435 g/mol. The van der Waals surface area contributed by atoms with Crippen molar-refractivity contribution in [3.05, 3.63) is 54.4 Å². The van der Waals surface area contributed by atoms with Crippen molar-refractivity contribution in [2.75, 3.05) is 12.8 Å². The molecule has 1 amide bonds. The molecule has 1 aliphatic carbocycles. The number of rotatable bonds is 6. The quantitative estimate of drug-likeness (QED) is 0.522. The smallest absolute Gasteiger partial charge is 0.233 e. The van der Waals surface area contributed by atoms with Crippen molar-refractivity contribution in [1.82, 2.24) is 24.6 Å². The van der Waals surface area contributed by atoms with E-state index in [4.69, 9.17) is 0 Å². The van der Waals surface area contributed by atoms with Crippen LogP contribution >= 0.6 is 11.8 Å². The van der Waals surface area contributed by atoms with Gasteiger partial charge < -0.3 is 4.90 Å². The second-order valence-corrected chi connectivity index (χ2v) is 9.36. The molecular formula is C24H29N5OS. The summed E-state index contributed by atoms with van der Waals surface area (Å²) in [6.07, 6.45) is 8.10. The molecule has 0 N–H and O–H groups in total. The maximum Gasteiger partial charge on any atom is 0.233 e. The van der Waals surface area contributed by atoms with Crippen molar-refractivity contribution in [3.63, 3.8) is 0 Å². The summed E-state index contributed by atoms with van der Waals surface area (Å²) in [4.78, 5) is 19.0. The van der Waals surface area contributed by atoms with Gasteiger partial charge in [0.15, 0.2) is 11.0 Å². The van der Waals surface area contributed by atoms with Crippen LogP contribution in [0.3, 0.4) is 0 Å². The Morgan fingerprint density at radius 3 is 2.42 bits per heavy atom. The predicted molar refractivity (Wildman–Crippen MR) is 124 cm³/mol. The number of hydrogen-bond acceptors (Lipinski definition) is 5. The Labute approximate surface area is 188 Å². The third-order valence-corrected chi connectivity index (χ3v) is 7.03. The molecule has 1 saturated carbocycles. The standard InChI is InChI=1S/C24H29N5OS/c1-17-4-8-20(9-5-17)28(3)22(30)16-31-24-27-26-23(19-12-14-25-15-13-19)29(24)21-10-6-18(2)7-11-21/h6-7,10-15,17,20H,4-5,8-9,16H2,1-3H3. The van der Waals surface area contributed by atoms with Crippen LogP contribution < -0.4 is 0 Å². The summed E-state index contributed by atoms with van der Waals surface area (Å²) in [5.41, 5.74) is 3.11. The highest BCUT2D eigenvalue weighted by atomic mass is 32.2. The van der Waals surface area contributed by atoms with Crippen LogP contribution in [0.4, 0.5) is 0 Å². The second kappa shape index (κ2) is 9.64. The van der Waals surface area contributed by atoms with Gasteiger partial charge in [0.05, 0.1) is 5.75 Å². The SMILES string of the molecule is Cc1ccc(-n2c(SCC(=O)N(C)C3CCC(C)CC3)nnc2-c2ccncc2)cc1. The van der Waals surface area contributed by atoms with Gasteiger partial charge in [0, 0.05) is 36.7 Å². The van der Waals surface area contributed by atoms with E-state index < -0.39 is 0 Å². The Kier molecular flexibility index (Phi) is 6.70. The molecule has 0 saturated heterocycles. The number of pyridine rings is 1. The van der Waals surface area contributed by atoms with Crippen molar-refractivity contribution in [3.8, 4) is 17.1 Å². The lowest BCUT2D eigenvalue weighted by molar-refractivity contribution is -0.129. The zero-order valence-electron chi connectivity index (χ0n) is 18.4. The van der Waals surface area contributed by atoms with E-state index in [1.807, 2.05) is 28.6 Å². The van der Waals surface area contributed by atoms with Gasteiger partial charge in [-0.2, -0.15) is 0 Å². The first-order valence-electron chi connectivity index (χ1n) is 10.8. The zero-order valence-corrected chi connectivity index (χ0v) is 19.2. The van der Waals surface area contributed by atoms with Crippen LogP contribution in [0.1, 0.15) is 38.2 Å². The van der Waals surface area contributed by atoms with Crippen LogP contribution in [-0.4, -0.2) is 49.4 Å². The Balaban J connectivity index is 1.55. The average Bonchev–Trinajstić information content (AvgIpc) is 3.22. The van der Waals surface area contributed by atoms with Crippen molar-refractivity contribution >= 4 is 17.7 Å². The fourth-order valence-corrected chi connectivity index (χ4v) is 4.92. The lowest BCUT2D eigenvalue weighted by Gasteiger charge is -2.33. The van der Waals surface area contributed by atoms with Crippen LogP contribution in [-0.2, 0) is 4.79 Å². The maximum atomic E-state index is 12.9. The Morgan fingerprint density at radius 2 is 1.74 bits per heavy atom. The molecule has 0 atom stereocenters. The van der Waals surface area contributed by atoms with E-state index in [0.29, 0.717) is 11.8 Å². The van der Waals surface area contributed by atoms with Crippen LogP contribution in [0.25, 0.3) is 17.1 Å². The third-order valence-electron chi connectivity index (χ3n) is 6.12. The van der Waals surface area contributed by atoms with E-state index in [0.717, 1.165) is 41.0 Å². The van der Waals surface area contributed by atoms with Crippen LogP contribution in [0.2, 0.25) is 0 Å². The molecule has 6 nitrogen and oxygen atoms in total. The number of carbonyl (C=O) groups excluding carboxylic acids is 1. The molecule has 7 heteroatoms. The first-order valence-corrected chi connectivity index (χ1v) is 11.8. The van der Waals surface area contributed by atoms with E-state index in [2.05, 4.69) is 53.3 Å². The Morgan fingerprint density at radius 1 is 1.06 bits per heavy atom. The number of hydrogen-bond donors (Lipinski definition) is 0. The van der Waals surface area contributed by atoms with E-state index >= 15 is 0 Å². The molecule has 4 rings (SSSR count). The van der Waals surface area contributed by atoms with Gasteiger partial charge in [-0.05, 0) is 62.8 Å². The molecule has 3 aromatic rings. The summed E-state index contributed by atoms with van der Waals surface area (Å²) in [5, 5.41) is 9.59. The van der Waals surface area contributed by atoms with Crippen molar-refractivity contribution in [2.24, 2.45) is 5.92 Å². The van der Waals surface area contributed by atoms with Crippen molar-refractivity contribution in [2.45, 2.75) is 50.7 Å². The van der Waals surface area contributed by atoms with Crippen LogP contribution in [0.15, 0.2) is 53.9 Å². The molecule has 0 spiro atoms. The first-order chi connectivity index (χ1) is 15.0. The number of nitrogens with zero attached hydrogens (tertiary/aromatic N) is 5. The maximum absolute atomic E-state index is 12.9. The van der Waals surface area contributed by atoms with Gasteiger partial charge in [-0.3, -0.25) is 14.3 Å². The molecule has 162 valence electrons. The number of amides is 1. The molecular weight excluding hydrogens is 406 g/mol. The van der Waals surface area contributed by atoms with Gasteiger partial charge in [0.25, 0.3) is 0 Å². The molecule has 0 radical (unpaired) electrons. The molecule has 1 fully saturated rings. The topological polar surface area (TPSA) is 63.9 Å². The summed E-state index contributed by atoms with van der Waals surface area (Å²) in [5.74, 6) is 2.01. The summed E-state index contributed by atoms with van der Waals surface area (Å²) in [6, 6.07) is 12.5. The lowest BCUT2D eigenvalue weighted by atomic mass is 9.87. The van der Waals surface area contributed by atoms with Crippen LogP contribution in [0, 0.1) is 12.8 Å². The average molecular weight is 436 g/mol. The molecule has 1 aromatic carbocycles. The van der Waals surface area contributed by atoms with Crippen molar-refractivity contribution < 1.29 is 4.79 Å². The zero-order chi connectivity index (χ0) is 21.8. The molecule has 0 aliphatic heterocycles. The minimum atomic E-state index is 0.147. The normalized spacial score (nSPS) is 18.7. The highest BCUT2D eigenvalue weighted by Gasteiger charge is 2.25. The summed E-state index contributed by atoms with van der Waals surface area (Å²) < 4.78 is 2.02. The molecule has 0 bridgehead atoms. The van der Waals surface area contributed by atoms with Gasteiger partial charge in [0.1, 0.15) is 0 Å². The van der Waals surface area contributed by atoms with E-state index in [1.54, 1.807) is 12.4 Å². The highest BCUT2D eigenvalue weighted by Crippen LogP contribution is 2.30. The number of aromatic nitrogens is 4. The summed E-state index contributed by atoms with van der Waals surface area (Å²) in [7, 11) is 1.94. The van der Waals surface area contributed by atoms with Gasteiger partial charge in [-0.15, -0.1) is 10.2 Å². The molecule has 2 aromatic heterocycles. The Hall–Kier alpha value is -2.67. The lowest BCUT2D eigenvalue weighted by Crippen LogP contribution is -2.40. The van der Waals surface area contributed by atoms with Crippen LogP contribution in [0.5, 0.6) is 0 Å². The minimum Gasteiger partial charge on any atom is -0.342 e. The summed E-state index contributed by atoms with van der Waals surface area (Å²) >= 11 is 1.45. The number of thioether (sulfide) groups is 1. The fourth-order valence-electron chi connectivity index (χ4n) is 4.04. The largest absolute Gasteiger partial charge is 0.342 e. The van der Waals surface area contributed by atoms with Gasteiger partial charge >= 0.3 is 0 Å². The molecule has 31 heavy (non-hydrogen) atoms. The fraction of sp³-hybridized carbons (Fsp3) is 0.417. The summed E-state index contributed by atoms with van der Waals surface area (Å²) in [6.45, 7) is 4.36. The van der Waals surface area contributed by atoms with E-state index in [-0.39, 0.29) is 5.91 Å². The number of carbonyl (C=O) groups is 1. The van der Waals surface area contributed by atoms with E-state index in [9.17, 15) is 4.79 Å². The molecule has 1 aliphatic rings. The number of aryl methyl sites for hydroxylation is 1. The third kappa shape index (κ3) is 4.98. The van der Waals surface area contributed by atoms with E-state index in [1.165, 1.54) is 30.2 Å². The molecule has 0 unspecified atom stereocenters. The van der Waals surface area contributed by atoms with Gasteiger partial charge in [-0.1, -0.05) is 36.4 Å². The van der Waals surface area contributed by atoms with Gasteiger partial charge in [0.2, 0.25) is 5.91 Å².